The van der Waals surface area contributed by atoms with Gasteiger partial charge in [-0.15, -0.1) is 0 Å². The van der Waals surface area contributed by atoms with Crippen molar-refractivity contribution in [3.05, 3.63) is 66.5 Å². The van der Waals surface area contributed by atoms with Gasteiger partial charge in [-0.25, -0.2) is 0 Å². The summed E-state index contributed by atoms with van der Waals surface area (Å²) in [5.41, 5.74) is 1.28. The molecular formula is C22H18ClIO4. The molecule has 0 bridgehead atoms. The molecule has 0 aliphatic heterocycles. The number of ether oxygens (including phenoxy) is 2. The largest absolute Gasteiger partial charge is 0.493 e. The molecule has 0 amide bonds. The maximum Gasteiger partial charge on any atom is 0.206 e. The van der Waals surface area contributed by atoms with Crippen molar-refractivity contribution in [2.45, 2.75) is 12.8 Å². The Balaban J connectivity index is 1.72. The molecular weight excluding hydrogens is 491 g/mol. The molecule has 0 atom stereocenters. The fraction of sp³-hybridized carbons (Fsp3) is 0.227. The summed E-state index contributed by atoms with van der Waals surface area (Å²) in [6, 6.07) is 10.8. The van der Waals surface area contributed by atoms with Crippen LogP contribution in [0.15, 0.2) is 45.6 Å². The maximum absolute atomic E-state index is 12.7. The zero-order chi connectivity index (χ0) is 19.7. The molecule has 6 heteroatoms. The van der Waals surface area contributed by atoms with Crippen LogP contribution in [-0.4, -0.2) is 13.7 Å². The van der Waals surface area contributed by atoms with E-state index in [1.807, 2.05) is 46.9 Å². The third-order valence-corrected chi connectivity index (χ3v) is 5.88. The predicted octanol–water partition coefficient (Wildman–Crippen LogP) is 6.02. The van der Waals surface area contributed by atoms with Crippen LogP contribution in [0.1, 0.15) is 24.2 Å². The summed E-state index contributed by atoms with van der Waals surface area (Å²) in [6.07, 6.45) is 6.10. The number of halogens is 2. The van der Waals surface area contributed by atoms with E-state index in [1.165, 1.54) is 12.8 Å². The molecule has 3 aromatic rings. The molecule has 1 aliphatic carbocycles. The monoisotopic (exact) mass is 508 g/mol. The van der Waals surface area contributed by atoms with Crippen LogP contribution in [0.25, 0.3) is 23.1 Å². The molecule has 4 rings (SSSR count). The van der Waals surface area contributed by atoms with Gasteiger partial charge in [0.05, 0.1) is 19.1 Å². The topological polar surface area (TPSA) is 48.7 Å². The fourth-order valence-electron chi connectivity index (χ4n) is 2.90. The Hall–Kier alpha value is -1.99. The van der Waals surface area contributed by atoms with Crippen LogP contribution in [0.4, 0.5) is 0 Å². The van der Waals surface area contributed by atoms with Crippen molar-refractivity contribution in [3.63, 3.8) is 0 Å². The Bertz CT molecular complexity index is 1120. The average molecular weight is 509 g/mol. The highest BCUT2D eigenvalue weighted by atomic mass is 127. The van der Waals surface area contributed by atoms with Crippen molar-refractivity contribution < 1.29 is 13.9 Å². The van der Waals surface area contributed by atoms with Crippen molar-refractivity contribution in [1.82, 2.24) is 0 Å². The minimum absolute atomic E-state index is 0.0974. The first-order chi connectivity index (χ1) is 13.6. The summed E-state index contributed by atoms with van der Waals surface area (Å²) in [6.45, 7) is 0.685. The molecule has 28 heavy (non-hydrogen) atoms. The molecule has 0 unspecified atom stereocenters. The first-order valence-corrected chi connectivity index (χ1v) is 10.4. The van der Waals surface area contributed by atoms with Crippen LogP contribution in [0.5, 0.6) is 11.5 Å². The summed E-state index contributed by atoms with van der Waals surface area (Å²) in [5, 5.41) is 0.983. The van der Waals surface area contributed by atoms with Gasteiger partial charge in [-0.05, 0) is 77.8 Å². The van der Waals surface area contributed by atoms with Crippen LogP contribution in [0, 0.1) is 9.49 Å². The van der Waals surface area contributed by atoms with E-state index in [9.17, 15) is 4.79 Å². The summed E-state index contributed by atoms with van der Waals surface area (Å²) in [4.78, 5) is 12.7. The lowest BCUT2D eigenvalue weighted by Crippen LogP contribution is -2.07. The minimum Gasteiger partial charge on any atom is -0.493 e. The highest BCUT2D eigenvalue weighted by Gasteiger charge is 2.23. The Labute approximate surface area is 181 Å². The average Bonchev–Trinajstić information content (AvgIpc) is 3.53. The number of fused-ring (bicyclic) bond motifs is 1. The Kier molecular flexibility index (Phi) is 5.64. The van der Waals surface area contributed by atoms with E-state index in [0.29, 0.717) is 49.3 Å². The van der Waals surface area contributed by atoms with Crippen molar-refractivity contribution in [1.29, 1.82) is 0 Å². The predicted molar refractivity (Wildman–Crippen MR) is 120 cm³/mol. The number of para-hydroxylation sites is 1. The lowest BCUT2D eigenvalue weighted by Gasteiger charge is -2.13. The SMILES string of the molecule is COc1cccc(C=Cc2oc3ccc(Cl)cc3c(=O)c2I)c1OCC1CC1. The standard InChI is InChI=1S/C22H18ClIO4/c1-26-19-4-2-3-14(22(19)27-12-13-5-6-13)7-9-18-20(24)21(25)16-11-15(23)8-10-17(16)28-18/h2-4,7-11,13H,5-6,12H2,1H3. The van der Waals surface area contributed by atoms with E-state index in [-0.39, 0.29) is 5.43 Å². The van der Waals surface area contributed by atoms with Crippen LogP contribution < -0.4 is 14.9 Å². The smallest absolute Gasteiger partial charge is 0.206 e. The van der Waals surface area contributed by atoms with Gasteiger partial charge < -0.3 is 13.9 Å². The van der Waals surface area contributed by atoms with Crippen molar-refractivity contribution in [2.75, 3.05) is 13.7 Å². The normalized spacial score (nSPS) is 14.0. The number of methoxy groups -OCH3 is 1. The Morgan fingerprint density at radius 1 is 1.25 bits per heavy atom. The van der Waals surface area contributed by atoms with E-state index >= 15 is 0 Å². The molecule has 0 saturated heterocycles. The molecule has 2 aromatic carbocycles. The van der Waals surface area contributed by atoms with Crippen molar-refractivity contribution in [3.8, 4) is 11.5 Å². The van der Waals surface area contributed by atoms with Gasteiger partial charge in [0.15, 0.2) is 11.5 Å². The zero-order valence-electron chi connectivity index (χ0n) is 15.2. The van der Waals surface area contributed by atoms with Gasteiger partial charge in [0.2, 0.25) is 5.43 Å². The number of hydrogen-bond acceptors (Lipinski definition) is 4. The third kappa shape index (κ3) is 4.05. The van der Waals surface area contributed by atoms with Crippen LogP contribution >= 0.6 is 34.2 Å². The van der Waals surface area contributed by atoms with Gasteiger partial charge in [0, 0.05) is 10.6 Å². The second kappa shape index (κ2) is 8.17. The molecule has 1 aromatic heterocycles. The van der Waals surface area contributed by atoms with Gasteiger partial charge in [0.1, 0.15) is 14.9 Å². The minimum atomic E-state index is -0.0974. The molecule has 1 heterocycles. The first-order valence-electron chi connectivity index (χ1n) is 8.96. The van der Waals surface area contributed by atoms with E-state index in [0.717, 1.165) is 5.56 Å². The molecule has 0 N–H and O–H groups in total. The summed E-state index contributed by atoms with van der Waals surface area (Å²) < 4.78 is 17.9. The van der Waals surface area contributed by atoms with Crippen LogP contribution in [0.2, 0.25) is 5.02 Å². The summed E-state index contributed by atoms with van der Waals surface area (Å²) >= 11 is 8.01. The molecule has 0 spiro atoms. The highest BCUT2D eigenvalue weighted by Crippen LogP contribution is 2.36. The fourth-order valence-corrected chi connectivity index (χ4v) is 3.65. The third-order valence-electron chi connectivity index (χ3n) is 4.63. The van der Waals surface area contributed by atoms with Crippen LogP contribution in [-0.2, 0) is 0 Å². The van der Waals surface area contributed by atoms with Gasteiger partial charge in [-0.1, -0.05) is 23.7 Å². The lowest BCUT2D eigenvalue weighted by molar-refractivity contribution is 0.280. The first kappa shape index (κ1) is 19.3. The van der Waals surface area contributed by atoms with Gasteiger partial charge >= 0.3 is 0 Å². The lowest BCUT2D eigenvalue weighted by atomic mass is 10.1. The summed E-state index contributed by atoms with van der Waals surface area (Å²) in [5.74, 6) is 2.52. The van der Waals surface area contributed by atoms with Gasteiger partial charge in [-0.3, -0.25) is 4.79 Å². The van der Waals surface area contributed by atoms with Crippen molar-refractivity contribution >= 4 is 57.3 Å². The molecule has 144 valence electrons. The number of benzene rings is 2. The molecule has 0 radical (unpaired) electrons. The Morgan fingerprint density at radius 2 is 2.07 bits per heavy atom. The zero-order valence-corrected chi connectivity index (χ0v) is 18.1. The number of hydrogen-bond donors (Lipinski definition) is 0. The molecule has 1 saturated carbocycles. The van der Waals surface area contributed by atoms with Crippen molar-refractivity contribution in [2.24, 2.45) is 5.92 Å². The van der Waals surface area contributed by atoms with Crippen LogP contribution in [0.3, 0.4) is 0 Å². The van der Waals surface area contributed by atoms with E-state index in [2.05, 4.69) is 0 Å². The molecule has 1 fully saturated rings. The quantitative estimate of drug-likeness (QED) is 0.382. The molecule has 1 aliphatic rings. The highest BCUT2D eigenvalue weighted by molar-refractivity contribution is 14.1. The van der Waals surface area contributed by atoms with Gasteiger partial charge in [0.25, 0.3) is 0 Å². The van der Waals surface area contributed by atoms with E-state index in [1.54, 1.807) is 31.4 Å². The Morgan fingerprint density at radius 3 is 2.82 bits per heavy atom. The maximum atomic E-state index is 12.7. The summed E-state index contributed by atoms with van der Waals surface area (Å²) in [7, 11) is 1.63. The second-order valence-electron chi connectivity index (χ2n) is 6.72. The van der Waals surface area contributed by atoms with E-state index < -0.39 is 0 Å². The molecule has 4 nitrogen and oxygen atoms in total. The van der Waals surface area contributed by atoms with Gasteiger partial charge in [-0.2, -0.15) is 0 Å². The number of rotatable bonds is 6. The van der Waals surface area contributed by atoms with E-state index in [4.69, 9.17) is 25.5 Å². The second-order valence-corrected chi connectivity index (χ2v) is 8.23.